The Hall–Kier alpha value is -1.10. The summed E-state index contributed by atoms with van der Waals surface area (Å²) in [6.45, 7) is 3.29. The second-order valence-corrected chi connectivity index (χ2v) is 6.55. The Morgan fingerprint density at radius 3 is 2.55 bits per heavy atom. The van der Waals surface area contributed by atoms with Gasteiger partial charge in [0.25, 0.3) is 0 Å². The van der Waals surface area contributed by atoms with E-state index in [9.17, 15) is 9.59 Å². The SMILES string of the molecule is CCN1CC(C(=O)N(C)C2CC3CCC(C2)N3)CC1=O. The van der Waals surface area contributed by atoms with E-state index in [1.54, 1.807) is 4.90 Å². The van der Waals surface area contributed by atoms with Gasteiger partial charge in [-0.2, -0.15) is 0 Å². The molecule has 3 atom stereocenters. The van der Waals surface area contributed by atoms with Gasteiger partial charge in [0.05, 0.1) is 5.92 Å². The summed E-state index contributed by atoms with van der Waals surface area (Å²) in [6, 6.07) is 1.53. The van der Waals surface area contributed by atoms with Crippen LogP contribution in [0, 0.1) is 5.92 Å². The molecule has 2 bridgehead atoms. The number of nitrogens with one attached hydrogen (secondary N) is 1. The Labute approximate surface area is 120 Å². The molecule has 3 aliphatic rings. The highest BCUT2D eigenvalue weighted by Crippen LogP contribution is 2.30. The summed E-state index contributed by atoms with van der Waals surface area (Å²) in [5.41, 5.74) is 0. The van der Waals surface area contributed by atoms with Crippen molar-refractivity contribution in [1.82, 2.24) is 15.1 Å². The number of fused-ring (bicyclic) bond motifs is 2. The molecule has 2 amide bonds. The molecule has 0 saturated carbocycles. The fraction of sp³-hybridized carbons (Fsp3) is 0.867. The lowest BCUT2D eigenvalue weighted by Crippen LogP contribution is -2.50. The summed E-state index contributed by atoms with van der Waals surface area (Å²) < 4.78 is 0. The van der Waals surface area contributed by atoms with E-state index >= 15 is 0 Å². The van der Waals surface area contributed by atoms with Crippen LogP contribution >= 0.6 is 0 Å². The topological polar surface area (TPSA) is 52.7 Å². The number of piperidine rings is 1. The Balaban J connectivity index is 1.61. The number of nitrogens with zero attached hydrogens (tertiary/aromatic N) is 2. The monoisotopic (exact) mass is 279 g/mol. The van der Waals surface area contributed by atoms with Crippen LogP contribution in [0.1, 0.15) is 39.0 Å². The molecule has 1 N–H and O–H groups in total. The second kappa shape index (κ2) is 5.35. The van der Waals surface area contributed by atoms with Gasteiger partial charge in [0.15, 0.2) is 0 Å². The van der Waals surface area contributed by atoms with Gasteiger partial charge in [-0.05, 0) is 32.6 Å². The number of hydrogen-bond acceptors (Lipinski definition) is 3. The van der Waals surface area contributed by atoms with Crippen molar-refractivity contribution in [3.05, 3.63) is 0 Å². The van der Waals surface area contributed by atoms with Crippen LogP contribution in [0.3, 0.4) is 0 Å². The first-order valence-corrected chi connectivity index (χ1v) is 7.89. The van der Waals surface area contributed by atoms with Crippen molar-refractivity contribution >= 4 is 11.8 Å². The molecule has 0 aromatic rings. The lowest BCUT2D eigenvalue weighted by molar-refractivity contribution is -0.137. The second-order valence-electron chi connectivity index (χ2n) is 6.55. The lowest BCUT2D eigenvalue weighted by Gasteiger charge is -2.36. The van der Waals surface area contributed by atoms with Crippen molar-refractivity contribution in [1.29, 1.82) is 0 Å². The average Bonchev–Trinajstić information content (AvgIpc) is 2.99. The molecule has 0 aromatic carbocycles. The number of likely N-dealkylation sites (tertiary alicyclic amines) is 1. The van der Waals surface area contributed by atoms with Gasteiger partial charge >= 0.3 is 0 Å². The highest BCUT2D eigenvalue weighted by molar-refractivity contribution is 5.89. The summed E-state index contributed by atoms with van der Waals surface area (Å²) in [7, 11) is 1.93. The molecule has 3 aliphatic heterocycles. The van der Waals surface area contributed by atoms with Gasteiger partial charge in [0, 0.05) is 44.7 Å². The van der Waals surface area contributed by atoms with E-state index in [0.29, 0.717) is 37.6 Å². The first-order valence-electron chi connectivity index (χ1n) is 7.89. The van der Waals surface area contributed by atoms with Crippen molar-refractivity contribution in [3.8, 4) is 0 Å². The van der Waals surface area contributed by atoms with Crippen molar-refractivity contribution in [2.75, 3.05) is 20.1 Å². The molecule has 0 radical (unpaired) electrons. The van der Waals surface area contributed by atoms with E-state index in [1.165, 1.54) is 12.8 Å². The van der Waals surface area contributed by atoms with Crippen molar-refractivity contribution < 1.29 is 9.59 Å². The number of carbonyl (C=O) groups is 2. The minimum atomic E-state index is -0.125. The Bertz CT molecular complexity index is 400. The summed E-state index contributed by atoms with van der Waals surface area (Å²) >= 11 is 0. The van der Waals surface area contributed by atoms with Crippen LogP contribution in [-0.2, 0) is 9.59 Å². The van der Waals surface area contributed by atoms with E-state index in [2.05, 4.69) is 5.32 Å². The van der Waals surface area contributed by atoms with Crippen LogP contribution < -0.4 is 5.32 Å². The predicted molar refractivity (Wildman–Crippen MR) is 76.1 cm³/mol. The molecule has 3 saturated heterocycles. The molecule has 3 fully saturated rings. The third-order valence-corrected chi connectivity index (χ3v) is 5.29. The maximum atomic E-state index is 12.6. The zero-order valence-corrected chi connectivity index (χ0v) is 12.5. The molecular weight excluding hydrogens is 254 g/mol. The van der Waals surface area contributed by atoms with Crippen molar-refractivity contribution in [3.63, 3.8) is 0 Å². The van der Waals surface area contributed by atoms with E-state index in [-0.39, 0.29) is 17.7 Å². The van der Waals surface area contributed by atoms with Gasteiger partial charge in [0.2, 0.25) is 11.8 Å². The van der Waals surface area contributed by atoms with Crippen LogP contribution in [0.25, 0.3) is 0 Å². The molecule has 3 heterocycles. The lowest BCUT2D eigenvalue weighted by atomic mass is 9.97. The molecular formula is C15H25N3O2. The van der Waals surface area contributed by atoms with Gasteiger partial charge in [-0.15, -0.1) is 0 Å². The Morgan fingerprint density at radius 1 is 1.35 bits per heavy atom. The first kappa shape index (κ1) is 13.9. The molecule has 20 heavy (non-hydrogen) atoms. The van der Waals surface area contributed by atoms with Crippen molar-refractivity contribution in [2.45, 2.75) is 57.2 Å². The maximum absolute atomic E-state index is 12.6. The minimum absolute atomic E-state index is 0.125. The summed E-state index contributed by atoms with van der Waals surface area (Å²) in [6.07, 6.45) is 5.02. The average molecular weight is 279 g/mol. The number of rotatable bonds is 3. The zero-order chi connectivity index (χ0) is 14.3. The number of hydrogen-bond donors (Lipinski definition) is 1. The van der Waals surface area contributed by atoms with Gasteiger partial charge in [-0.3, -0.25) is 9.59 Å². The van der Waals surface area contributed by atoms with Gasteiger partial charge in [0.1, 0.15) is 0 Å². The van der Waals surface area contributed by atoms with Crippen LogP contribution in [0.5, 0.6) is 0 Å². The van der Waals surface area contributed by atoms with Crippen LogP contribution in [0.4, 0.5) is 0 Å². The predicted octanol–water partition coefficient (Wildman–Crippen LogP) is 0.596. The molecule has 0 aliphatic carbocycles. The van der Waals surface area contributed by atoms with Gasteiger partial charge in [-0.1, -0.05) is 0 Å². The summed E-state index contributed by atoms with van der Waals surface area (Å²) in [5, 5.41) is 3.61. The number of carbonyl (C=O) groups excluding carboxylic acids is 2. The fourth-order valence-electron chi connectivity index (χ4n) is 4.05. The third-order valence-electron chi connectivity index (χ3n) is 5.29. The van der Waals surface area contributed by atoms with E-state index in [4.69, 9.17) is 0 Å². The van der Waals surface area contributed by atoms with Crippen LogP contribution in [-0.4, -0.2) is 59.9 Å². The van der Waals surface area contributed by atoms with Gasteiger partial charge in [-0.25, -0.2) is 0 Å². The molecule has 0 spiro atoms. The fourth-order valence-corrected chi connectivity index (χ4v) is 4.05. The smallest absolute Gasteiger partial charge is 0.227 e. The summed E-state index contributed by atoms with van der Waals surface area (Å²) in [5.74, 6) is 0.171. The highest BCUT2D eigenvalue weighted by Gasteiger charge is 2.40. The normalized spacial score (nSPS) is 36.5. The maximum Gasteiger partial charge on any atom is 0.227 e. The standard InChI is InChI=1S/C15H25N3O2/c1-3-18-9-10(6-14(18)19)15(20)17(2)13-7-11-4-5-12(8-13)16-11/h10-13,16H,3-9H2,1-2H3. The molecule has 5 nitrogen and oxygen atoms in total. The molecule has 3 rings (SSSR count). The highest BCUT2D eigenvalue weighted by atomic mass is 16.2. The molecule has 0 aromatic heterocycles. The van der Waals surface area contributed by atoms with Gasteiger partial charge < -0.3 is 15.1 Å². The quantitative estimate of drug-likeness (QED) is 0.823. The first-order chi connectivity index (χ1) is 9.58. The molecule has 112 valence electrons. The van der Waals surface area contributed by atoms with E-state index in [0.717, 1.165) is 12.8 Å². The number of amides is 2. The summed E-state index contributed by atoms with van der Waals surface area (Å²) in [4.78, 5) is 28.1. The van der Waals surface area contributed by atoms with Crippen molar-refractivity contribution in [2.24, 2.45) is 5.92 Å². The third kappa shape index (κ3) is 2.43. The van der Waals surface area contributed by atoms with E-state index < -0.39 is 0 Å². The zero-order valence-electron chi connectivity index (χ0n) is 12.5. The van der Waals surface area contributed by atoms with Crippen LogP contribution in [0.2, 0.25) is 0 Å². The molecule has 5 heteroatoms. The molecule has 3 unspecified atom stereocenters. The minimum Gasteiger partial charge on any atom is -0.342 e. The van der Waals surface area contributed by atoms with E-state index in [1.807, 2.05) is 18.9 Å². The Morgan fingerprint density at radius 2 is 2.00 bits per heavy atom. The largest absolute Gasteiger partial charge is 0.342 e. The Kier molecular flexibility index (Phi) is 3.71. The van der Waals surface area contributed by atoms with Crippen LogP contribution in [0.15, 0.2) is 0 Å².